The molecule has 1 unspecified atom stereocenters. The van der Waals surface area contributed by atoms with Gasteiger partial charge in [0.05, 0.1) is 24.2 Å². The summed E-state index contributed by atoms with van der Waals surface area (Å²) in [5, 5.41) is 3.24. The van der Waals surface area contributed by atoms with E-state index in [4.69, 9.17) is 4.74 Å². The van der Waals surface area contributed by atoms with E-state index in [0.29, 0.717) is 5.92 Å². The lowest BCUT2D eigenvalue weighted by Crippen LogP contribution is -2.16. The van der Waals surface area contributed by atoms with Crippen LogP contribution in [0.2, 0.25) is 0 Å². The maximum Gasteiger partial charge on any atom is 0.144 e. The van der Waals surface area contributed by atoms with Crippen LogP contribution in [-0.2, 0) is 4.74 Å². The molecule has 1 heterocycles. The number of nitrogens with one attached hydrogen (secondary N) is 1. The van der Waals surface area contributed by atoms with E-state index < -0.39 is 0 Å². The van der Waals surface area contributed by atoms with E-state index in [1.165, 1.54) is 0 Å². The number of hydrogen-bond acceptors (Lipinski definition) is 4. The van der Waals surface area contributed by atoms with Crippen molar-refractivity contribution in [3.8, 4) is 0 Å². The molecule has 1 atom stereocenters. The molecule has 0 aromatic carbocycles. The molecule has 0 spiro atoms. The van der Waals surface area contributed by atoms with Gasteiger partial charge in [-0.05, 0) is 19.8 Å². The highest BCUT2D eigenvalue weighted by Crippen LogP contribution is 2.06. The van der Waals surface area contributed by atoms with E-state index in [0.717, 1.165) is 30.4 Å². The Morgan fingerprint density at radius 2 is 2.13 bits per heavy atom. The predicted octanol–water partition coefficient (Wildman–Crippen LogP) is 1.79. The van der Waals surface area contributed by atoms with E-state index in [1.54, 1.807) is 13.3 Å². The van der Waals surface area contributed by atoms with Crippen LogP contribution >= 0.6 is 0 Å². The first-order valence-electron chi connectivity index (χ1n) is 5.16. The number of anilines is 1. The Balaban J connectivity index is 2.47. The van der Waals surface area contributed by atoms with Crippen LogP contribution in [0.25, 0.3) is 0 Å². The molecule has 0 bridgehead atoms. The van der Waals surface area contributed by atoms with Crippen molar-refractivity contribution in [2.45, 2.75) is 20.8 Å². The van der Waals surface area contributed by atoms with Crippen LogP contribution in [0.15, 0.2) is 6.20 Å². The van der Waals surface area contributed by atoms with Crippen molar-refractivity contribution in [1.29, 1.82) is 0 Å². The zero-order valence-electron chi connectivity index (χ0n) is 9.87. The van der Waals surface area contributed by atoms with E-state index >= 15 is 0 Å². The molecule has 1 rings (SSSR count). The van der Waals surface area contributed by atoms with Gasteiger partial charge < -0.3 is 10.1 Å². The maximum absolute atomic E-state index is 5.06. The molecule has 4 nitrogen and oxygen atoms in total. The number of aryl methyl sites for hydroxylation is 2. The molecule has 0 fully saturated rings. The minimum absolute atomic E-state index is 0.471. The fraction of sp³-hybridized carbons (Fsp3) is 0.636. The predicted molar refractivity (Wildman–Crippen MR) is 61.0 cm³/mol. The van der Waals surface area contributed by atoms with Crippen molar-refractivity contribution in [3.63, 3.8) is 0 Å². The lowest BCUT2D eigenvalue weighted by molar-refractivity contribution is 0.164. The lowest BCUT2D eigenvalue weighted by Gasteiger charge is -2.12. The molecule has 0 radical (unpaired) electrons. The molecule has 0 aliphatic rings. The van der Waals surface area contributed by atoms with Gasteiger partial charge in [-0.2, -0.15) is 0 Å². The second-order valence-electron chi connectivity index (χ2n) is 3.87. The second-order valence-corrected chi connectivity index (χ2v) is 3.87. The largest absolute Gasteiger partial charge is 0.384 e. The van der Waals surface area contributed by atoms with Crippen LogP contribution in [0.5, 0.6) is 0 Å². The zero-order chi connectivity index (χ0) is 11.3. The van der Waals surface area contributed by atoms with Crippen LogP contribution in [-0.4, -0.2) is 30.2 Å². The quantitative estimate of drug-likeness (QED) is 0.803. The fourth-order valence-corrected chi connectivity index (χ4v) is 1.25. The third-order valence-corrected chi connectivity index (χ3v) is 2.28. The van der Waals surface area contributed by atoms with Gasteiger partial charge in [-0.25, -0.2) is 4.98 Å². The Morgan fingerprint density at radius 1 is 1.40 bits per heavy atom. The average Bonchev–Trinajstić information content (AvgIpc) is 2.20. The summed E-state index contributed by atoms with van der Waals surface area (Å²) in [6.07, 6.45) is 1.77. The van der Waals surface area contributed by atoms with Gasteiger partial charge in [0.25, 0.3) is 0 Å². The molecule has 84 valence electrons. The molecular weight excluding hydrogens is 190 g/mol. The first-order valence-corrected chi connectivity index (χ1v) is 5.16. The van der Waals surface area contributed by atoms with Gasteiger partial charge in [-0.3, -0.25) is 4.98 Å². The third kappa shape index (κ3) is 3.83. The standard InChI is InChI=1S/C11H19N3O/c1-8(7-15-4)5-13-11-6-12-9(2)10(3)14-11/h6,8H,5,7H2,1-4H3,(H,13,14). The smallest absolute Gasteiger partial charge is 0.144 e. The van der Waals surface area contributed by atoms with Crippen molar-refractivity contribution in [3.05, 3.63) is 17.6 Å². The summed E-state index contributed by atoms with van der Waals surface area (Å²) in [6.45, 7) is 7.66. The maximum atomic E-state index is 5.06. The molecule has 0 saturated heterocycles. The number of hydrogen-bond donors (Lipinski definition) is 1. The van der Waals surface area contributed by atoms with Gasteiger partial charge in [0.15, 0.2) is 0 Å². The van der Waals surface area contributed by atoms with Gasteiger partial charge in [0.1, 0.15) is 5.82 Å². The second kappa shape index (κ2) is 5.66. The average molecular weight is 209 g/mol. The summed E-state index contributed by atoms with van der Waals surface area (Å²) in [6, 6.07) is 0. The Labute approximate surface area is 91.1 Å². The summed E-state index contributed by atoms with van der Waals surface area (Å²) in [4.78, 5) is 8.64. The van der Waals surface area contributed by atoms with Gasteiger partial charge in [-0.1, -0.05) is 6.92 Å². The van der Waals surface area contributed by atoms with Crippen LogP contribution in [0.4, 0.5) is 5.82 Å². The van der Waals surface area contributed by atoms with Crippen molar-refractivity contribution in [2.75, 3.05) is 25.6 Å². The van der Waals surface area contributed by atoms with Crippen molar-refractivity contribution < 1.29 is 4.74 Å². The Kier molecular flexibility index (Phi) is 4.49. The number of nitrogens with zero attached hydrogens (tertiary/aromatic N) is 2. The van der Waals surface area contributed by atoms with Crippen molar-refractivity contribution in [1.82, 2.24) is 9.97 Å². The van der Waals surface area contributed by atoms with E-state index in [-0.39, 0.29) is 0 Å². The lowest BCUT2D eigenvalue weighted by atomic mass is 10.2. The summed E-state index contributed by atoms with van der Waals surface area (Å²) in [5.41, 5.74) is 1.95. The first-order chi connectivity index (χ1) is 7.13. The summed E-state index contributed by atoms with van der Waals surface area (Å²) in [7, 11) is 1.71. The van der Waals surface area contributed by atoms with Crippen LogP contribution < -0.4 is 5.32 Å². The van der Waals surface area contributed by atoms with Gasteiger partial charge in [-0.15, -0.1) is 0 Å². The van der Waals surface area contributed by atoms with E-state index in [1.807, 2.05) is 13.8 Å². The molecule has 4 heteroatoms. The summed E-state index contributed by atoms with van der Waals surface area (Å²) >= 11 is 0. The molecule has 0 amide bonds. The van der Waals surface area contributed by atoms with Crippen LogP contribution in [0, 0.1) is 19.8 Å². The highest BCUT2D eigenvalue weighted by Gasteiger charge is 2.03. The fourth-order valence-electron chi connectivity index (χ4n) is 1.25. The molecule has 1 N–H and O–H groups in total. The SMILES string of the molecule is COCC(C)CNc1cnc(C)c(C)n1. The molecule has 15 heavy (non-hydrogen) atoms. The minimum Gasteiger partial charge on any atom is -0.384 e. The highest BCUT2D eigenvalue weighted by atomic mass is 16.5. The third-order valence-electron chi connectivity index (χ3n) is 2.28. The monoisotopic (exact) mass is 209 g/mol. The molecule has 0 aliphatic carbocycles. The molecule has 1 aromatic heterocycles. The number of methoxy groups -OCH3 is 1. The van der Waals surface area contributed by atoms with Gasteiger partial charge >= 0.3 is 0 Å². The minimum atomic E-state index is 0.471. The normalized spacial score (nSPS) is 12.5. The van der Waals surface area contributed by atoms with Crippen LogP contribution in [0.3, 0.4) is 0 Å². The first kappa shape index (κ1) is 11.9. The number of aromatic nitrogens is 2. The van der Waals surface area contributed by atoms with Crippen molar-refractivity contribution >= 4 is 5.82 Å². The number of rotatable bonds is 5. The summed E-state index contributed by atoms with van der Waals surface area (Å²) < 4.78 is 5.06. The molecular formula is C11H19N3O. The number of ether oxygens (including phenoxy) is 1. The Morgan fingerprint density at radius 3 is 2.73 bits per heavy atom. The topological polar surface area (TPSA) is 47.0 Å². The molecule has 0 saturated carbocycles. The van der Waals surface area contributed by atoms with Crippen LogP contribution in [0.1, 0.15) is 18.3 Å². The van der Waals surface area contributed by atoms with E-state index in [2.05, 4.69) is 22.2 Å². The molecule has 1 aromatic rings. The Hall–Kier alpha value is -1.16. The highest BCUT2D eigenvalue weighted by molar-refractivity contribution is 5.33. The van der Waals surface area contributed by atoms with Gasteiger partial charge in [0, 0.05) is 13.7 Å². The molecule has 0 aliphatic heterocycles. The Bertz CT molecular complexity index is 315. The zero-order valence-corrected chi connectivity index (χ0v) is 9.87. The summed E-state index contributed by atoms with van der Waals surface area (Å²) in [5.74, 6) is 1.31. The van der Waals surface area contributed by atoms with Crippen molar-refractivity contribution in [2.24, 2.45) is 5.92 Å². The van der Waals surface area contributed by atoms with E-state index in [9.17, 15) is 0 Å². The van der Waals surface area contributed by atoms with Gasteiger partial charge in [0.2, 0.25) is 0 Å².